The van der Waals surface area contributed by atoms with Gasteiger partial charge in [0.15, 0.2) is 0 Å². The Morgan fingerprint density at radius 2 is 1.67 bits per heavy atom. The predicted octanol–water partition coefficient (Wildman–Crippen LogP) is 2.30. The molecule has 0 spiro atoms. The van der Waals surface area contributed by atoms with E-state index in [-0.39, 0.29) is 11.1 Å². The van der Waals surface area contributed by atoms with Crippen LogP contribution in [0.2, 0.25) is 0 Å². The molecule has 1 rings (SSSR count). The third kappa shape index (κ3) is 4.60. The van der Waals surface area contributed by atoms with Gasteiger partial charge in [-0.1, -0.05) is 18.2 Å². The fourth-order valence-corrected chi connectivity index (χ4v) is 1.49. The van der Waals surface area contributed by atoms with Crippen LogP contribution in [0, 0.1) is 0 Å². The lowest BCUT2D eigenvalue weighted by Crippen LogP contribution is -2.44. The Bertz CT molecular complexity index is 486. The van der Waals surface area contributed by atoms with Crippen molar-refractivity contribution < 1.29 is 35.9 Å². The zero-order valence-electron chi connectivity index (χ0n) is 10.3. The van der Waals surface area contributed by atoms with Crippen LogP contribution in [0.15, 0.2) is 24.3 Å². The SMILES string of the molecule is NNC(=O)c1ccccc1COC(C(F)(F)F)C(F)(F)F. The molecule has 10 heteroatoms. The van der Waals surface area contributed by atoms with Crippen molar-refractivity contribution in [2.45, 2.75) is 25.1 Å². The predicted molar refractivity (Wildman–Crippen MR) is 58.8 cm³/mol. The van der Waals surface area contributed by atoms with E-state index >= 15 is 0 Å². The summed E-state index contributed by atoms with van der Waals surface area (Å²) in [5, 5.41) is 0. The standard InChI is InChI=1S/C11H10F6N2O2/c12-10(13,14)9(11(15,16)17)21-5-6-3-1-2-4-7(6)8(20)19-18/h1-4,9H,5,18H2,(H,19,20). The number of rotatable bonds is 4. The molecule has 1 aromatic rings. The largest absolute Gasteiger partial charge is 0.423 e. The summed E-state index contributed by atoms with van der Waals surface area (Å²) < 4.78 is 77.7. The molecule has 0 saturated heterocycles. The summed E-state index contributed by atoms with van der Waals surface area (Å²) in [6.45, 7) is -1.05. The van der Waals surface area contributed by atoms with Gasteiger partial charge in [-0.25, -0.2) is 5.84 Å². The van der Waals surface area contributed by atoms with Gasteiger partial charge in [0.05, 0.1) is 6.61 Å². The monoisotopic (exact) mass is 316 g/mol. The number of hydrogen-bond donors (Lipinski definition) is 2. The van der Waals surface area contributed by atoms with Gasteiger partial charge in [0.25, 0.3) is 5.91 Å². The third-order valence-electron chi connectivity index (χ3n) is 2.39. The van der Waals surface area contributed by atoms with Gasteiger partial charge in [0.1, 0.15) is 0 Å². The molecule has 0 bridgehead atoms. The Morgan fingerprint density at radius 1 is 1.14 bits per heavy atom. The van der Waals surface area contributed by atoms with Crippen molar-refractivity contribution in [2.75, 3.05) is 0 Å². The molecule has 0 saturated carbocycles. The Morgan fingerprint density at radius 3 is 2.14 bits per heavy atom. The first kappa shape index (κ1) is 17.2. The van der Waals surface area contributed by atoms with E-state index in [1.165, 1.54) is 18.2 Å². The number of carbonyl (C=O) groups is 1. The Labute approximate surface area is 114 Å². The first-order valence-electron chi connectivity index (χ1n) is 5.41. The second-order valence-electron chi connectivity index (χ2n) is 3.90. The minimum absolute atomic E-state index is 0.154. The highest BCUT2D eigenvalue weighted by molar-refractivity contribution is 5.95. The smallest absolute Gasteiger partial charge is 0.356 e. The van der Waals surface area contributed by atoms with Crippen LogP contribution in [-0.2, 0) is 11.3 Å². The molecule has 1 amide bonds. The van der Waals surface area contributed by atoms with Gasteiger partial charge in [-0.3, -0.25) is 10.2 Å². The number of nitrogen functional groups attached to an aromatic ring is 1. The average Bonchev–Trinajstić information content (AvgIpc) is 2.35. The number of carbonyl (C=O) groups excluding carboxylic acids is 1. The van der Waals surface area contributed by atoms with E-state index in [0.717, 1.165) is 6.07 Å². The number of nitrogens with one attached hydrogen (secondary N) is 1. The number of hydrazine groups is 1. The zero-order chi connectivity index (χ0) is 16.3. The second kappa shape index (κ2) is 6.31. The first-order valence-corrected chi connectivity index (χ1v) is 5.41. The molecule has 0 radical (unpaired) electrons. The van der Waals surface area contributed by atoms with Crippen LogP contribution in [0.4, 0.5) is 26.3 Å². The summed E-state index contributed by atoms with van der Waals surface area (Å²) in [7, 11) is 0. The van der Waals surface area contributed by atoms with E-state index < -0.39 is 31.0 Å². The molecule has 0 aliphatic carbocycles. The zero-order valence-corrected chi connectivity index (χ0v) is 10.3. The number of alkyl halides is 6. The maximum Gasteiger partial charge on any atom is 0.423 e. The molecule has 0 aromatic heterocycles. The van der Waals surface area contributed by atoms with Crippen LogP contribution in [0.5, 0.6) is 0 Å². The molecule has 0 atom stereocenters. The van der Waals surface area contributed by atoms with Crippen molar-refractivity contribution in [1.29, 1.82) is 0 Å². The minimum atomic E-state index is -5.61. The summed E-state index contributed by atoms with van der Waals surface area (Å²) in [6.07, 6.45) is -15.1. The molecule has 0 unspecified atom stereocenters. The van der Waals surface area contributed by atoms with Crippen LogP contribution < -0.4 is 11.3 Å². The molecule has 0 heterocycles. The maximum absolute atomic E-state index is 12.3. The van der Waals surface area contributed by atoms with E-state index in [2.05, 4.69) is 4.74 Å². The number of halogens is 6. The summed E-state index contributed by atoms with van der Waals surface area (Å²) in [5.74, 6) is 4.01. The number of ether oxygens (including phenoxy) is 1. The lowest BCUT2D eigenvalue weighted by atomic mass is 10.1. The highest BCUT2D eigenvalue weighted by atomic mass is 19.4. The van der Waals surface area contributed by atoms with Crippen LogP contribution >= 0.6 is 0 Å². The van der Waals surface area contributed by atoms with E-state index in [0.29, 0.717) is 0 Å². The first-order chi connectivity index (χ1) is 9.57. The van der Waals surface area contributed by atoms with Gasteiger partial charge >= 0.3 is 12.4 Å². The van der Waals surface area contributed by atoms with Crippen molar-refractivity contribution >= 4 is 5.91 Å². The number of nitrogens with two attached hydrogens (primary N) is 1. The fraction of sp³-hybridized carbons (Fsp3) is 0.364. The molecule has 3 N–H and O–H groups in total. The Balaban J connectivity index is 2.94. The topological polar surface area (TPSA) is 64.3 Å². The molecular weight excluding hydrogens is 306 g/mol. The molecule has 118 valence electrons. The maximum atomic E-state index is 12.3. The Hall–Kier alpha value is -1.81. The lowest BCUT2D eigenvalue weighted by Gasteiger charge is -2.23. The van der Waals surface area contributed by atoms with Crippen LogP contribution in [0.1, 0.15) is 15.9 Å². The number of hydrogen-bond acceptors (Lipinski definition) is 3. The third-order valence-corrected chi connectivity index (χ3v) is 2.39. The van der Waals surface area contributed by atoms with Gasteiger partial charge < -0.3 is 4.74 Å². The van der Waals surface area contributed by atoms with Gasteiger partial charge in [-0.15, -0.1) is 0 Å². The Kier molecular flexibility index (Phi) is 5.18. The van der Waals surface area contributed by atoms with E-state index in [1.807, 2.05) is 0 Å². The highest BCUT2D eigenvalue weighted by Crippen LogP contribution is 2.36. The summed E-state index contributed by atoms with van der Waals surface area (Å²) >= 11 is 0. The lowest BCUT2D eigenvalue weighted by molar-refractivity contribution is -0.324. The van der Waals surface area contributed by atoms with Crippen molar-refractivity contribution in [3.05, 3.63) is 35.4 Å². The van der Waals surface area contributed by atoms with E-state index in [4.69, 9.17) is 5.84 Å². The second-order valence-corrected chi connectivity index (χ2v) is 3.90. The summed E-state index contributed by atoms with van der Waals surface area (Å²) in [6, 6.07) is 5.06. The van der Waals surface area contributed by atoms with Crippen molar-refractivity contribution in [3.8, 4) is 0 Å². The molecule has 0 aliphatic heterocycles. The molecule has 4 nitrogen and oxygen atoms in total. The molecule has 0 fully saturated rings. The van der Waals surface area contributed by atoms with Crippen molar-refractivity contribution in [1.82, 2.24) is 5.43 Å². The van der Waals surface area contributed by atoms with Gasteiger partial charge in [-0.2, -0.15) is 26.3 Å². The summed E-state index contributed by atoms with van der Waals surface area (Å²) in [4.78, 5) is 11.3. The van der Waals surface area contributed by atoms with Gasteiger partial charge in [0.2, 0.25) is 6.10 Å². The summed E-state index contributed by atoms with van der Waals surface area (Å²) in [5.41, 5.74) is 1.40. The van der Waals surface area contributed by atoms with E-state index in [9.17, 15) is 31.1 Å². The van der Waals surface area contributed by atoms with Crippen molar-refractivity contribution in [3.63, 3.8) is 0 Å². The molecule has 21 heavy (non-hydrogen) atoms. The number of benzene rings is 1. The van der Waals surface area contributed by atoms with Crippen LogP contribution in [0.3, 0.4) is 0 Å². The normalized spacial score (nSPS) is 12.6. The van der Waals surface area contributed by atoms with Crippen LogP contribution in [-0.4, -0.2) is 24.4 Å². The molecule has 0 aliphatic rings. The van der Waals surface area contributed by atoms with E-state index in [1.54, 1.807) is 5.43 Å². The average molecular weight is 316 g/mol. The van der Waals surface area contributed by atoms with Gasteiger partial charge in [0, 0.05) is 5.56 Å². The van der Waals surface area contributed by atoms with Crippen molar-refractivity contribution in [2.24, 2.45) is 5.84 Å². The van der Waals surface area contributed by atoms with Gasteiger partial charge in [-0.05, 0) is 11.6 Å². The van der Waals surface area contributed by atoms with Crippen LogP contribution in [0.25, 0.3) is 0 Å². The fourth-order valence-electron chi connectivity index (χ4n) is 1.49. The number of amides is 1. The quantitative estimate of drug-likeness (QED) is 0.388. The molecular formula is C11H10F6N2O2. The minimum Gasteiger partial charge on any atom is -0.356 e. The molecule has 1 aromatic carbocycles. The highest BCUT2D eigenvalue weighted by Gasteiger charge is 2.58.